The van der Waals surface area contributed by atoms with Gasteiger partial charge in [-0.25, -0.2) is 0 Å². The average Bonchev–Trinajstić information content (AvgIpc) is 3.50. The third kappa shape index (κ3) is 4.66. The second-order valence-corrected chi connectivity index (χ2v) is 11.7. The number of fused-ring (bicyclic) bond motifs is 3. The minimum absolute atomic E-state index is 0.0688. The van der Waals surface area contributed by atoms with Gasteiger partial charge >= 0.3 is 6.01 Å². The summed E-state index contributed by atoms with van der Waals surface area (Å²) in [6, 6.07) is 11.6. The number of anilines is 1. The number of allylic oxidation sites excluding steroid dienone is 2. The maximum Gasteiger partial charge on any atom is 0.318 e. The van der Waals surface area contributed by atoms with Crippen LogP contribution in [0, 0.1) is 11.3 Å². The highest BCUT2D eigenvalue weighted by Crippen LogP contribution is 2.49. The zero-order valence-electron chi connectivity index (χ0n) is 23.6. The first-order valence-electron chi connectivity index (χ1n) is 14.5. The molecule has 2 aromatic rings. The van der Waals surface area contributed by atoms with Gasteiger partial charge in [-0.3, -0.25) is 4.79 Å². The lowest BCUT2D eigenvalue weighted by atomic mass is 9.70. The normalized spacial score (nSPS) is 25.8. The quantitative estimate of drug-likeness (QED) is 0.516. The number of hydrogen-bond donors (Lipinski definition) is 0. The third-order valence-corrected chi connectivity index (χ3v) is 9.38. The number of likely N-dealkylation sites (N-methyl/N-ethyl adjacent to an activating group) is 1. The van der Waals surface area contributed by atoms with E-state index in [9.17, 15) is 10.1 Å². The Morgan fingerprint density at radius 2 is 2.10 bits per heavy atom. The number of rotatable bonds is 6. The molecule has 2 fully saturated rings. The van der Waals surface area contributed by atoms with Crippen LogP contribution < -0.4 is 9.64 Å². The van der Waals surface area contributed by atoms with Crippen molar-refractivity contribution in [2.75, 3.05) is 44.7 Å². The van der Waals surface area contributed by atoms with Crippen LogP contribution in [0.1, 0.15) is 55.0 Å². The molecule has 6 rings (SSSR count). The van der Waals surface area contributed by atoms with Crippen molar-refractivity contribution < 1.29 is 9.53 Å². The fourth-order valence-electron chi connectivity index (χ4n) is 7.24. The molecule has 0 saturated carbocycles. The Labute approximate surface area is 237 Å². The molecule has 0 radical (unpaired) electrons. The first-order chi connectivity index (χ1) is 19.4. The predicted octanol–water partition coefficient (Wildman–Crippen LogP) is 3.91. The third-order valence-electron chi connectivity index (χ3n) is 9.38. The summed E-state index contributed by atoms with van der Waals surface area (Å²) in [5, 5.41) is 9.51. The van der Waals surface area contributed by atoms with Crippen LogP contribution in [0.3, 0.4) is 0 Å². The Kier molecular flexibility index (Phi) is 7.09. The molecule has 208 valence electrons. The van der Waals surface area contributed by atoms with Gasteiger partial charge < -0.3 is 19.4 Å². The molecule has 1 aromatic carbocycles. The summed E-state index contributed by atoms with van der Waals surface area (Å²) in [5.74, 6) is 0.772. The Morgan fingerprint density at radius 1 is 1.25 bits per heavy atom. The van der Waals surface area contributed by atoms with Gasteiger partial charge in [0.2, 0.25) is 5.91 Å². The van der Waals surface area contributed by atoms with E-state index in [0.29, 0.717) is 38.3 Å². The van der Waals surface area contributed by atoms with Crippen LogP contribution in [0.2, 0.25) is 0 Å². The number of amides is 1. The Balaban J connectivity index is 1.35. The SMILES string of the molecule is C=CC(=O)N1CCN(c2nc(OC[C@@H]3CCCN3C)nc3c2CC[C@]2(C=C(C)c4ccccc42)C3)C[C@@H]1CC#N. The van der Waals surface area contributed by atoms with Crippen LogP contribution in [-0.2, 0) is 23.1 Å². The van der Waals surface area contributed by atoms with Crippen LogP contribution >= 0.6 is 0 Å². The monoisotopic (exact) mass is 538 g/mol. The van der Waals surface area contributed by atoms with E-state index >= 15 is 0 Å². The summed E-state index contributed by atoms with van der Waals surface area (Å²) in [6.45, 7) is 9.24. The molecule has 0 bridgehead atoms. The maximum atomic E-state index is 12.5. The number of nitrogens with zero attached hydrogens (tertiary/aromatic N) is 6. The van der Waals surface area contributed by atoms with Crippen LogP contribution in [0.4, 0.5) is 5.82 Å². The Morgan fingerprint density at radius 3 is 2.88 bits per heavy atom. The van der Waals surface area contributed by atoms with Gasteiger partial charge in [0.05, 0.1) is 24.2 Å². The summed E-state index contributed by atoms with van der Waals surface area (Å²) in [5.41, 5.74) is 6.21. The van der Waals surface area contributed by atoms with Gasteiger partial charge in [0.1, 0.15) is 12.4 Å². The maximum absolute atomic E-state index is 12.5. The fraction of sp³-hybridized carbons (Fsp3) is 0.500. The molecule has 2 saturated heterocycles. The lowest BCUT2D eigenvalue weighted by molar-refractivity contribution is -0.128. The van der Waals surface area contributed by atoms with Crippen molar-refractivity contribution in [1.82, 2.24) is 19.8 Å². The molecule has 0 unspecified atom stereocenters. The molecule has 1 aromatic heterocycles. The summed E-state index contributed by atoms with van der Waals surface area (Å²) < 4.78 is 6.31. The van der Waals surface area contributed by atoms with E-state index in [2.05, 4.69) is 66.8 Å². The summed E-state index contributed by atoms with van der Waals surface area (Å²) in [6.07, 6.45) is 9.02. The van der Waals surface area contributed by atoms with Crippen molar-refractivity contribution in [1.29, 1.82) is 5.26 Å². The van der Waals surface area contributed by atoms with Gasteiger partial charge in [-0.2, -0.15) is 15.2 Å². The van der Waals surface area contributed by atoms with Gasteiger partial charge in [0.25, 0.3) is 0 Å². The number of carbonyl (C=O) groups is 1. The number of likely N-dealkylation sites (tertiary alicyclic amines) is 1. The second kappa shape index (κ2) is 10.7. The molecular weight excluding hydrogens is 500 g/mol. The molecule has 2 aliphatic heterocycles. The standard InChI is InChI=1S/C32H38N6O2/c1-4-29(39)38-17-16-37(20-23(38)12-14-33)30-26-11-13-32(18-22(2)25-9-5-6-10-27(25)32)19-28(26)34-31(35-30)40-21-24-8-7-15-36(24)3/h4-6,9-10,18,23-24H,1,7-8,11-13,15-17,19-21H2,2-3H3/t23-,24-,32-/m0/s1. The zero-order chi connectivity index (χ0) is 27.9. The van der Waals surface area contributed by atoms with Crippen molar-refractivity contribution in [3.63, 3.8) is 0 Å². The first-order valence-corrected chi connectivity index (χ1v) is 14.5. The lowest BCUT2D eigenvalue weighted by Crippen LogP contribution is -2.55. The molecule has 4 aliphatic rings. The van der Waals surface area contributed by atoms with Crippen molar-refractivity contribution in [2.24, 2.45) is 0 Å². The van der Waals surface area contributed by atoms with E-state index in [0.717, 1.165) is 43.7 Å². The van der Waals surface area contributed by atoms with Crippen molar-refractivity contribution >= 4 is 17.3 Å². The molecule has 1 amide bonds. The molecule has 8 nitrogen and oxygen atoms in total. The number of carbonyl (C=O) groups excluding carboxylic acids is 1. The van der Waals surface area contributed by atoms with Gasteiger partial charge in [0.15, 0.2) is 0 Å². The van der Waals surface area contributed by atoms with Gasteiger partial charge in [-0.15, -0.1) is 0 Å². The second-order valence-electron chi connectivity index (χ2n) is 11.7. The average molecular weight is 539 g/mol. The number of ether oxygens (including phenoxy) is 1. The number of benzene rings is 1. The number of piperazine rings is 1. The summed E-state index contributed by atoms with van der Waals surface area (Å²) >= 11 is 0. The molecule has 3 heterocycles. The molecule has 2 aliphatic carbocycles. The number of nitriles is 1. The Bertz CT molecular complexity index is 1400. The smallest absolute Gasteiger partial charge is 0.318 e. The van der Waals surface area contributed by atoms with Crippen LogP contribution in [0.25, 0.3) is 5.57 Å². The van der Waals surface area contributed by atoms with Gasteiger partial charge in [-0.05, 0) is 69.0 Å². The molecular formula is C32H38N6O2. The largest absolute Gasteiger partial charge is 0.462 e. The van der Waals surface area contributed by atoms with Crippen molar-refractivity contribution in [3.8, 4) is 12.1 Å². The van der Waals surface area contributed by atoms with E-state index in [1.54, 1.807) is 4.90 Å². The van der Waals surface area contributed by atoms with Gasteiger partial charge in [0, 0.05) is 43.1 Å². The molecule has 1 spiro atoms. The van der Waals surface area contributed by atoms with Crippen LogP contribution in [0.15, 0.2) is 43.0 Å². The first kappa shape index (κ1) is 26.5. The van der Waals surface area contributed by atoms with Crippen LogP contribution in [-0.4, -0.2) is 77.6 Å². The molecule has 8 heteroatoms. The number of hydrogen-bond acceptors (Lipinski definition) is 7. The van der Waals surface area contributed by atoms with Crippen molar-refractivity contribution in [3.05, 3.63) is 65.4 Å². The van der Waals surface area contributed by atoms with E-state index in [1.165, 1.54) is 34.8 Å². The van der Waals surface area contributed by atoms with E-state index in [-0.39, 0.29) is 23.8 Å². The minimum Gasteiger partial charge on any atom is -0.462 e. The van der Waals surface area contributed by atoms with Crippen molar-refractivity contribution in [2.45, 2.75) is 62.9 Å². The van der Waals surface area contributed by atoms with E-state index in [4.69, 9.17) is 14.7 Å². The molecule has 40 heavy (non-hydrogen) atoms. The molecule has 3 atom stereocenters. The van der Waals surface area contributed by atoms with E-state index < -0.39 is 0 Å². The lowest BCUT2D eigenvalue weighted by Gasteiger charge is -2.42. The van der Waals surface area contributed by atoms with E-state index in [1.807, 2.05) is 0 Å². The zero-order valence-corrected chi connectivity index (χ0v) is 23.6. The highest BCUT2D eigenvalue weighted by Gasteiger charge is 2.42. The topological polar surface area (TPSA) is 85.6 Å². The summed E-state index contributed by atoms with van der Waals surface area (Å²) in [4.78, 5) is 28.9. The highest BCUT2D eigenvalue weighted by atomic mass is 16.5. The van der Waals surface area contributed by atoms with Crippen LogP contribution in [0.5, 0.6) is 6.01 Å². The van der Waals surface area contributed by atoms with Gasteiger partial charge in [-0.1, -0.05) is 36.9 Å². The number of aromatic nitrogens is 2. The molecule has 0 N–H and O–H groups in total. The highest BCUT2D eigenvalue weighted by molar-refractivity contribution is 5.87. The predicted molar refractivity (Wildman–Crippen MR) is 155 cm³/mol. The summed E-state index contributed by atoms with van der Waals surface area (Å²) in [7, 11) is 2.15. The minimum atomic E-state index is -0.214. The Hall–Kier alpha value is -3.70. The fourth-order valence-corrected chi connectivity index (χ4v) is 7.24.